The molecule has 1 aromatic rings. The van der Waals surface area contributed by atoms with Crippen molar-refractivity contribution in [3.8, 4) is 0 Å². The molecule has 1 aromatic heterocycles. The van der Waals surface area contributed by atoms with Crippen molar-refractivity contribution in [3.05, 3.63) is 17.4 Å². The van der Waals surface area contributed by atoms with Crippen LogP contribution < -0.4 is 4.72 Å². The molecule has 106 valence electrons. The van der Waals surface area contributed by atoms with E-state index in [0.717, 1.165) is 25.7 Å². The Kier molecular flexibility index (Phi) is 4.59. The zero-order chi connectivity index (χ0) is 13.9. The van der Waals surface area contributed by atoms with E-state index in [0.29, 0.717) is 0 Å². The second-order valence-corrected chi connectivity index (χ2v) is 6.74. The first-order valence-corrected chi connectivity index (χ1v) is 8.05. The number of anilines is 1. The summed E-state index contributed by atoms with van der Waals surface area (Å²) in [6.07, 6.45) is 6.51. The standard InChI is InChI=1S/C11H17ClN4O2S/c1-16(9-5-3-2-4-6-9)19(17,18)15-11-13-8-7-10(12)14-11/h7-9H,2-6H2,1H3,(H,13,14,15). The molecule has 0 saturated heterocycles. The summed E-state index contributed by atoms with van der Waals surface area (Å²) in [5, 5.41) is 0.202. The van der Waals surface area contributed by atoms with Crippen molar-refractivity contribution in [2.24, 2.45) is 0 Å². The third-order valence-electron chi connectivity index (χ3n) is 3.31. The first-order chi connectivity index (χ1) is 8.99. The van der Waals surface area contributed by atoms with E-state index in [4.69, 9.17) is 11.6 Å². The van der Waals surface area contributed by atoms with Crippen molar-refractivity contribution in [2.45, 2.75) is 38.1 Å². The SMILES string of the molecule is CN(C1CCCCC1)S(=O)(=O)Nc1nccc(Cl)n1. The Balaban J connectivity index is 2.08. The first kappa shape index (κ1) is 14.5. The highest BCUT2D eigenvalue weighted by molar-refractivity contribution is 7.90. The van der Waals surface area contributed by atoms with Crippen molar-refractivity contribution in [3.63, 3.8) is 0 Å². The van der Waals surface area contributed by atoms with Crippen LogP contribution in [-0.4, -0.2) is 35.8 Å². The van der Waals surface area contributed by atoms with E-state index < -0.39 is 10.2 Å². The fourth-order valence-corrected chi connectivity index (χ4v) is 3.43. The number of nitrogens with one attached hydrogen (secondary N) is 1. The van der Waals surface area contributed by atoms with E-state index in [-0.39, 0.29) is 17.1 Å². The van der Waals surface area contributed by atoms with Crippen LogP contribution in [0, 0.1) is 0 Å². The van der Waals surface area contributed by atoms with Gasteiger partial charge in [0.1, 0.15) is 5.15 Å². The second kappa shape index (κ2) is 6.02. The first-order valence-electron chi connectivity index (χ1n) is 6.23. The molecular weight excluding hydrogens is 288 g/mol. The van der Waals surface area contributed by atoms with Gasteiger partial charge in [-0.2, -0.15) is 12.7 Å². The molecule has 0 spiro atoms. The number of rotatable bonds is 4. The van der Waals surface area contributed by atoms with Gasteiger partial charge in [0.15, 0.2) is 0 Å². The average Bonchev–Trinajstić information content (AvgIpc) is 2.38. The van der Waals surface area contributed by atoms with Gasteiger partial charge >= 0.3 is 10.2 Å². The maximum atomic E-state index is 12.2. The molecule has 1 fully saturated rings. The summed E-state index contributed by atoms with van der Waals surface area (Å²) in [6, 6.07) is 1.54. The lowest BCUT2D eigenvalue weighted by Crippen LogP contribution is -2.41. The highest BCUT2D eigenvalue weighted by Crippen LogP contribution is 2.23. The van der Waals surface area contributed by atoms with Crippen LogP contribution in [0.4, 0.5) is 5.95 Å². The summed E-state index contributed by atoms with van der Waals surface area (Å²) in [4.78, 5) is 7.66. The Hall–Kier alpha value is -0.920. The number of nitrogens with zero attached hydrogens (tertiary/aromatic N) is 3. The van der Waals surface area contributed by atoms with Gasteiger partial charge in [0.05, 0.1) is 0 Å². The minimum atomic E-state index is -3.63. The third kappa shape index (κ3) is 3.77. The Bertz CT molecular complexity index is 531. The zero-order valence-electron chi connectivity index (χ0n) is 10.7. The van der Waals surface area contributed by atoms with Crippen LogP contribution in [0.15, 0.2) is 12.3 Å². The molecule has 0 aliphatic heterocycles. The van der Waals surface area contributed by atoms with Crippen LogP contribution in [-0.2, 0) is 10.2 Å². The molecule has 1 aliphatic rings. The normalized spacial score (nSPS) is 17.6. The lowest BCUT2D eigenvalue weighted by Gasteiger charge is -2.30. The molecule has 2 rings (SSSR count). The number of hydrogen-bond donors (Lipinski definition) is 1. The Labute approximate surface area is 118 Å². The van der Waals surface area contributed by atoms with Gasteiger partial charge in [0.25, 0.3) is 0 Å². The molecule has 1 heterocycles. The average molecular weight is 305 g/mol. The summed E-state index contributed by atoms with van der Waals surface area (Å²) < 4.78 is 28.1. The maximum absolute atomic E-state index is 12.2. The van der Waals surface area contributed by atoms with Crippen molar-refractivity contribution in [1.29, 1.82) is 0 Å². The lowest BCUT2D eigenvalue weighted by molar-refractivity contribution is 0.287. The topological polar surface area (TPSA) is 75.2 Å². The van der Waals surface area contributed by atoms with Gasteiger partial charge in [-0.3, -0.25) is 0 Å². The fourth-order valence-electron chi connectivity index (χ4n) is 2.21. The highest BCUT2D eigenvalue weighted by Gasteiger charge is 2.28. The van der Waals surface area contributed by atoms with Crippen molar-refractivity contribution in [1.82, 2.24) is 14.3 Å². The van der Waals surface area contributed by atoms with Crippen LogP contribution >= 0.6 is 11.6 Å². The molecule has 0 unspecified atom stereocenters. The van der Waals surface area contributed by atoms with Crippen LogP contribution in [0.1, 0.15) is 32.1 Å². The van der Waals surface area contributed by atoms with Crippen LogP contribution in [0.3, 0.4) is 0 Å². The largest absolute Gasteiger partial charge is 0.303 e. The molecule has 0 amide bonds. The van der Waals surface area contributed by atoms with Gasteiger partial charge in [-0.15, -0.1) is 0 Å². The van der Waals surface area contributed by atoms with Crippen LogP contribution in [0.2, 0.25) is 5.15 Å². The molecule has 8 heteroatoms. The monoisotopic (exact) mass is 304 g/mol. The van der Waals surface area contributed by atoms with E-state index in [1.54, 1.807) is 7.05 Å². The number of hydrogen-bond acceptors (Lipinski definition) is 4. The second-order valence-electron chi connectivity index (χ2n) is 4.62. The molecule has 19 heavy (non-hydrogen) atoms. The summed E-state index contributed by atoms with van der Waals surface area (Å²) in [6.45, 7) is 0. The third-order valence-corrected chi connectivity index (χ3v) is 5.02. The lowest BCUT2D eigenvalue weighted by atomic mass is 9.96. The van der Waals surface area contributed by atoms with E-state index >= 15 is 0 Å². The van der Waals surface area contributed by atoms with Crippen molar-refractivity contribution < 1.29 is 8.42 Å². The van der Waals surface area contributed by atoms with Gasteiger partial charge in [-0.1, -0.05) is 30.9 Å². The Morgan fingerprint density at radius 3 is 2.68 bits per heavy atom. The van der Waals surface area contributed by atoms with Gasteiger partial charge in [0.2, 0.25) is 5.95 Å². The smallest absolute Gasteiger partial charge is 0.238 e. The number of halogens is 1. The maximum Gasteiger partial charge on any atom is 0.303 e. The van der Waals surface area contributed by atoms with Gasteiger partial charge < -0.3 is 0 Å². The Morgan fingerprint density at radius 1 is 1.37 bits per heavy atom. The fraction of sp³-hybridized carbons (Fsp3) is 0.636. The molecule has 1 aliphatic carbocycles. The highest BCUT2D eigenvalue weighted by atomic mass is 35.5. The predicted molar refractivity (Wildman–Crippen MR) is 74.2 cm³/mol. The van der Waals surface area contributed by atoms with Gasteiger partial charge in [-0.25, -0.2) is 14.7 Å². The van der Waals surface area contributed by atoms with Crippen molar-refractivity contribution in [2.75, 3.05) is 11.8 Å². The minimum absolute atomic E-state index is 0.00448. The molecule has 1 saturated carbocycles. The summed E-state index contributed by atoms with van der Waals surface area (Å²) >= 11 is 5.70. The molecule has 1 N–H and O–H groups in total. The Morgan fingerprint density at radius 2 is 2.05 bits per heavy atom. The molecule has 0 bridgehead atoms. The molecule has 0 aromatic carbocycles. The van der Waals surface area contributed by atoms with Crippen LogP contribution in [0.5, 0.6) is 0 Å². The zero-order valence-corrected chi connectivity index (χ0v) is 12.3. The van der Waals surface area contributed by atoms with Gasteiger partial charge in [-0.05, 0) is 18.9 Å². The van der Waals surface area contributed by atoms with E-state index in [1.807, 2.05) is 0 Å². The van der Waals surface area contributed by atoms with E-state index in [9.17, 15) is 8.42 Å². The molecular formula is C11H17ClN4O2S. The van der Waals surface area contributed by atoms with Crippen molar-refractivity contribution >= 4 is 27.8 Å². The quantitative estimate of drug-likeness (QED) is 0.864. The minimum Gasteiger partial charge on any atom is -0.238 e. The molecule has 6 nitrogen and oxygen atoms in total. The molecule has 0 atom stereocenters. The number of aromatic nitrogens is 2. The van der Waals surface area contributed by atoms with Crippen LogP contribution in [0.25, 0.3) is 0 Å². The summed E-state index contributed by atoms with van der Waals surface area (Å²) in [7, 11) is -2.04. The van der Waals surface area contributed by atoms with Gasteiger partial charge in [0, 0.05) is 19.3 Å². The van der Waals surface area contributed by atoms with E-state index in [1.165, 1.54) is 23.0 Å². The predicted octanol–water partition coefficient (Wildman–Crippen LogP) is 2.05. The van der Waals surface area contributed by atoms with E-state index in [2.05, 4.69) is 14.7 Å². The molecule has 0 radical (unpaired) electrons. The summed E-state index contributed by atoms with van der Waals surface area (Å²) in [5.41, 5.74) is 0. The summed E-state index contributed by atoms with van der Waals surface area (Å²) in [5.74, 6) is -0.00448.